The molecule has 1 saturated heterocycles. The van der Waals surface area contributed by atoms with Crippen LogP contribution < -0.4 is 10.6 Å². The van der Waals surface area contributed by atoms with E-state index >= 15 is 0 Å². The standard InChI is InChI=1S/C29H41F2N3O8/c1-6-17(2)9-8-12-41-29(39)32-23(15-20-13-21(30)16-22(31)14-20)26(36)33-25(28(38)40-5)18(3)42-27(37)24-10-7-11-34(24)19(4)35/h13-14,16-18,23-25H,6-12,15H2,1-5H3,(H,32,39)(H,33,36)/t17?,18-,23+,24?,25+/m1/s1. The second-order valence-electron chi connectivity index (χ2n) is 10.5. The lowest BCUT2D eigenvalue weighted by Gasteiger charge is -2.28. The summed E-state index contributed by atoms with van der Waals surface area (Å²) in [6.07, 6.45) is 0.883. The molecule has 1 aliphatic heterocycles. The average molecular weight is 598 g/mol. The molecular formula is C29H41F2N3O8. The smallest absolute Gasteiger partial charge is 0.407 e. The Labute approximate surface area is 244 Å². The van der Waals surface area contributed by atoms with Gasteiger partial charge in [-0.05, 0) is 56.2 Å². The summed E-state index contributed by atoms with van der Waals surface area (Å²) < 4.78 is 43.1. The molecule has 3 amide bonds. The molecule has 1 aromatic rings. The van der Waals surface area contributed by atoms with E-state index in [4.69, 9.17) is 14.2 Å². The molecule has 1 fully saturated rings. The number of amides is 3. The predicted molar refractivity (Wildman–Crippen MR) is 147 cm³/mol. The first-order valence-electron chi connectivity index (χ1n) is 14.1. The summed E-state index contributed by atoms with van der Waals surface area (Å²) in [4.78, 5) is 64.5. The number of nitrogens with one attached hydrogen (secondary N) is 2. The van der Waals surface area contributed by atoms with Crippen molar-refractivity contribution in [2.75, 3.05) is 20.3 Å². The molecule has 0 spiro atoms. The number of rotatable bonds is 14. The molecule has 42 heavy (non-hydrogen) atoms. The van der Waals surface area contributed by atoms with Crippen molar-refractivity contribution in [2.24, 2.45) is 5.92 Å². The molecule has 5 atom stereocenters. The van der Waals surface area contributed by atoms with Crippen LogP contribution in [0.3, 0.4) is 0 Å². The van der Waals surface area contributed by atoms with Crippen molar-refractivity contribution in [3.63, 3.8) is 0 Å². The van der Waals surface area contributed by atoms with Gasteiger partial charge in [0.25, 0.3) is 0 Å². The van der Waals surface area contributed by atoms with Crippen LogP contribution in [0, 0.1) is 17.6 Å². The van der Waals surface area contributed by atoms with E-state index in [1.165, 1.54) is 18.7 Å². The molecule has 13 heteroatoms. The van der Waals surface area contributed by atoms with Gasteiger partial charge in [0.15, 0.2) is 6.04 Å². The summed E-state index contributed by atoms with van der Waals surface area (Å²) in [5.74, 6) is -4.21. The minimum atomic E-state index is -1.50. The van der Waals surface area contributed by atoms with E-state index in [0.717, 1.165) is 32.1 Å². The van der Waals surface area contributed by atoms with Gasteiger partial charge in [0.2, 0.25) is 11.8 Å². The number of likely N-dealkylation sites (tertiary alicyclic amines) is 1. The molecule has 1 aliphatic rings. The van der Waals surface area contributed by atoms with Gasteiger partial charge in [0, 0.05) is 26.0 Å². The molecule has 2 unspecified atom stereocenters. The van der Waals surface area contributed by atoms with Gasteiger partial charge in [-0.2, -0.15) is 0 Å². The number of hydrogen-bond donors (Lipinski definition) is 2. The van der Waals surface area contributed by atoms with E-state index in [1.807, 2.05) is 0 Å². The Hall–Kier alpha value is -3.77. The van der Waals surface area contributed by atoms with Crippen LogP contribution in [-0.4, -0.2) is 79.2 Å². The fourth-order valence-electron chi connectivity index (χ4n) is 4.63. The maximum absolute atomic E-state index is 13.8. The number of halogens is 2. The summed E-state index contributed by atoms with van der Waals surface area (Å²) >= 11 is 0. The largest absolute Gasteiger partial charge is 0.467 e. The number of ether oxygens (including phenoxy) is 3. The number of esters is 2. The average Bonchev–Trinajstić information content (AvgIpc) is 3.43. The van der Waals surface area contributed by atoms with Crippen LogP contribution >= 0.6 is 0 Å². The Bertz CT molecular complexity index is 1100. The zero-order valence-corrected chi connectivity index (χ0v) is 24.7. The van der Waals surface area contributed by atoms with Gasteiger partial charge in [0.1, 0.15) is 29.8 Å². The van der Waals surface area contributed by atoms with Crippen LogP contribution in [0.4, 0.5) is 13.6 Å². The third kappa shape index (κ3) is 10.6. The van der Waals surface area contributed by atoms with Crippen molar-refractivity contribution >= 4 is 29.8 Å². The highest BCUT2D eigenvalue weighted by Crippen LogP contribution is 2.20. The molecule has 0 aliphatic carbocycles. The highest BCUT2D eigenvalue weighted by molar-refractivity contribution is 5.90. The molecule has 234 valence electrons. The quantitative estimate of drug-likeness (QED) is 0.190. The van der Waals surface area contributed by atoms with E-state index in [-0.39, 0.29) is 24.5 Å². The maximum Gasteiger partial charge on any atom is 0.407 e. The number of carbonyl (C=O) groups is 5. The summed E-state index contributed by atoms with van der Waals surface area (Å²) in [7, 11) is 1.08. The monoisotopic (exact) mass is 597 g/mol. The molecular weight excluding hydrogens is 556 g/mol. The topological polar surface area (TPSA) is 140 Å². The van der Waals surface area contributed by atoms with Crippen molar-refractivity contribution in [1.82, 2.24) is 15.5 Å². The number of methoxy groups -OCH3 is 1. The minimum absolute atomic E-state index is 0.0596. The van der Waals surface area contributed by atoms with Gasteiger partial charge in [-0.25, -0.2) is 23.2 Å². The van der Waals surface area contributed by atoms with E-state index in [1.54, 1.807) is 0 Å². The molecule has 2 rings (SSSR count). The van der Waals surface area contributed by atoms with Gasteiger partial charge in [-0.1, -0.05) is 20.3 Å². The van der Waals surface area contributed by atoms with Gasteiger partial charge in [-0.15, -0.1) is 0 Å². The Kier molecular flexibility index (Phi) is 13.6. The summed E-state index contributed by atoms with van der Waals surface area (Å²) in [5.41, 5.74) is 0.0596. The Morgan fingerprint density at radius 1 is 1.07 bits per heavy atom. The van der Waals surface area contributed by atoms with E-state index < -0.39 is 59.8 Å². The summed E-state index contributed by atoms with van der Waals surface area (Å²) in [6, 6.07) is -1.07. The molecule has 0 saturated carbocycles. The molecule has 11 nitrogen and oxygen atoms in total. The van der Waals surface area contributed by atoms with Crippen molar-refractivity contribution < 1.29 is 47.0 Å². The molecule has 1 aromatic carbocycles. The number of carbonyl (C=O) groups excluding carboxylic acids is 5. The number of alkyl carbamates (subject to hydrolysis) is 1. The lowest BCUT2D eigenvalue weighted by atomic mass is 10.0. The molecule has 0 aromatic heterocycles. The lowest BCUT2D eigenvalue weighted by molar-refractivity contribution is -0.163. The van der Waals surface area contributed by atoms with E-state index in [9.17, 15) is 32.8 Å². The van der Waals surface area contributed by atoms with Crippen LogP contribution in [0.5, 0.6) is 0 Å². The van der Waals surface area contributed by atoms with Gasteiger partial charge in [0.05, 0.1) is 13.7 Å². The highest BCUT2D eigenvalue weighted by Gasteiger charge is 2.38. The van der Waals surface area contributed by atoms with Crippen LogP contribution in [0.25, 0.3) is 0 Å². The Morgan fingerprint density at radius 2 is 1.74 bits per heavy atom. The van der Waals surface area contributed by atoms with E-state index in [0.29, 0.717) is 37.8 Å². The first-order valence-corrected chi connectivity index (χ1v) is 14.1. The molecule has 0 radical (unpaired) electrons. The van der Waals surface area contributed by atoms with Crippen LogP contribution in [0.1, 0.15) is 65.4 Å². The fraction of sp³-hybridized carbons (Fsp3) is 0.621. The predicted octanol–water partition coefficient (Wildman–Crippen LogP) is 3.03. The van der Waals surface area contributed by atoms with Crippen molar-refractivity contribution in [3.05, 3.63) is 35.4 Å². The van der Waals surface area contributed by atoms with Crippen LogP contribution in [0.15, 0.2) is 18.2 Å². The van der Waals surface area contributed by atoms with Gasteiger partial charge < -0.3 is 29.7 Å². The van der Waals surface area contributed by atoms with Crippen molar-refractivity contribution in [2.45, 2.75) is 90.4 Å². The second-order valence-corrected chi connectivity index (χ2v) is 10.5. The summed E-state index contributed by atoms with van der Waals surface area (Å²) in [6.45, 7) is 7.30. The number of nitrogens with zero attached hydrogens (tertiary/aromatic N) is 1. The van der Waals surface area contributed by atoms with Gasteiger partial charge >= 0.3 is 18.0 Å². The SMILES string of the molecule is CCC(C)CCCOC(=O)N[C@@H](Cc1cc(F)cc(F)c1)C(=O)N[C@H](C(=O)OC)[C@@H](C)OC(=O)C1CCCN1C(C)=O. The minimum Gasteiger partial charge on any atom is -0.467 e. The van der Waals surface area contributed by atoms with Crippen LogP contribution in [-0.2, 0) is 39.8 Å². The third-order valence-corrected chi connectivity index (χ3v) is 7.20. The Morgan fingerprint density at radius 3 is 2.33 bits per heavy atom. The first-order chi connectivity index (χ1) is 19.9. The Balaban J connectivity index is 2.18. The van der Waals surface area contributed by atoms with Crippen molar-refractivity contribution in [1.29, 1.82) is 0 Å². The first kappa shape index (κ1) is 34.4. The van der Waals surface area contributed by atoms with E-state index in [2.05, 4.69) is 24.5 Å². The fourth-order valence-corrected chi connectivity index (χ4v) is 4.63. The van der Waals surface area contributed by atoms with Crippen LogP contribution in [0.2, 0.25) is 0 Å². The normalized spacial score (nSPS) is 17.4. The molecule has 1 heterocycles. The molecule has 2 N–H and O–H groups in total. The van der Waals surface area contributed by atoms with Gasteiger partial charge in [-0.3, -0.25) is 9.59 Å². The zero-order valence-electron chi connectivity index (χ0n) is 24.7. The number of hydrogen-bond acceptors (Lipinski definition) is 8. The third-order valence-electron chi connectivity index (χ3n) is 7.20. The van der Waals surface area contributed by atoms with Crippen molar-refractivity contribution in [3.8, 4) is 0 Å². The number of benzene rings is 1. The second kappa shape index (κ2) is 16.6. The molecule has 0 bridgehead atoms. The zero-order chi connectivity index (χ0) is 31.4. The summed E-state index contributed by atoms with van der Waals surface area (Å²) in [5, 5.41) is 4.80. The highest BCUT2D eigenvalue weighted by atomic mass is 19.1. The maximum atomic E-state index is 13.8. The lowest BCUT2D eigenvalue weighted by Crippen LogP contribution is -2.56.